The number of hydrogen-bond acceptors (Lipinski definition) is 3. The van der Waals surface area contributed by atoms with Crippen LogP contribution in [0.3, 0.4) is 0 Å². The SMILES string of the molecule is Cc1csc(CNCc2ccc(Cl)cc2Br)n1. The van der Waals surface area contributed by atoms with E-state index >= 15 is 0 Å². The molecule has 0 amide bonds. The first kappa shape index (κ1) is 13.0. The number of hydrogen-bond donors (Lipinski definition) is 1. The highest BCUT2D eigenvalue weighted by molar-refractivity contribution is 9.10. The number of aromatic nitrogens is 1. The number of halogens is 2. The first-order valence-electron chi connectivity index (χ1n) is 5.21. The van der Waals surface area contributed by atoms with Crippen LogP contribution in [0.25, 0.3) is 0 Å². The van der Waals surface area contributed by atoms with Gasteiger partial charge in [0.15, 0.2) is 0 Å². The Morgan fingerprint density at radius 3 is 2.88 bits per heavy atom. The molecule has 2 aromatic rings. The summed E-state index contributed by atoms with van der Waals surface area (Å²) in [5.74, 6) is 0. The number of thiazole rings is 1. The van der Waals surface area contributed by atoms with Gasteiger partial charge in [-0.2, -0.15) is 0 Å². The average Bonchev–Trinajstić information content (AvgIpc) is 2.68. The standard InChI is InChI=1S/C12H12BrClN2S/c1-8-7-17-12(16-8)6-15-5-9-2-3-10(14)4-11(9)13/h2-4,7,15H,5-6H2,1H3. The maximum atomic E-state index is 5.89. The molecule has 0 bridgehead atoms. The number of nitrogens with zero attached hydrogens (tertiary/aromatic N) is 1. The second-order valence-corrected chi connectivity index (χ2v) is 5.96. The molecule has 0 saturated heterocycles. The number of rotatable bonds is 4. The molecule has 1 aromatic heterocycles. The first-order chi connectivity index (χ1) is 8.15. The van der Waals surface area contributed by atoms with Crippen molar-refractivity contribution in [2.75, 3.05) is 0 Å². The van der Waals surface area contributed by atoms with E-state index < -0.39 is 0 Å². The Kier molecular flexibility index (Phi) is 4.56. The Labute approximate surface area is 118 Å². The highest BCUT2D eigenvalue weighted by Crippen LogP contribution is 2.21. The molecule has 1 heterocycles. The lowest BCUT2D eigenvalue weighted by Crippen LogP contribution is -2.12. The second kappa shape index (κ2) is 5.96. The van der Waals surface area contributed by atoms with E-state index in [2.05, 4.69) is 31.6 Å². The van der Waals surface area contributed by atoms with E-state index in [4.69, 9.17) is 11.6 Å². The Hall–Kier alpha value is -0.420. The van der Waals surface area contributed by atoms with Gasteiger partial charge in [-0.15, -0.1) is 11.3 Å². The third-order valence-electron chi connectivity index (χ3n) is 2.27. The molecule has 1 aromatic carbocycles. The van der Waals surface area contributed by atoms with Crippen molar-refractivity contribution < 1.29 is 0 Å². The fourth-order valence-electron chi connectivity index (χ4n) is 1.45. The summed E-state index contributed by atoms with van der Waals surface area (Å²) in [5.41, 5.74) is 2.28. The van der Waals surface area contributed by atoms with Gasteiger partial charge in [-0.05, 0) is 24.6 Å². The highest BCUT2D eigenvalue weighted by atomic mass is 79.9. The summed E-state index contributed by atoms with van der Waals surface area (Å²) in [6.07, 6.45) is 0. The fourth-order valence-corrected chi connectivity index (χ4v) is 3.02. The molecular formula is C12H12BrClN2S. The lowest BCUT2D eigenvalue weighted by atomic mass is 10.2. The van der Waals surface area contributed by atoms with Gasteiger partial charge >= 0.3 is 0 Å². The molecule has 2 nitrogen and oxygen atoms in total. The van der Waals surface area contributed by atoms with E-state index in [0.29, 0.717) is 0 Å². The number of nitrogens with one attached hydrogen (secondary N) is 1. The maximum absolute atomic E-state index is 5.89. The molecule has 0 spiro atoms. The summed E-state index contributed by atoms with van der Waals surface area (Å²) < 4.78 is 1.04. The van der Waals surface area contributed by atoms with Crippen LogP contribution in [0, 0.1) is 6.92 Å². The van der Waals surface area contributed by atoms with Crippen LogP contribution in [0.15, 0.2) is 28.1 Å². The average molecular weight is 332 g/mol. The van der Waals surface area contributed by atoms with E-state index in [1.54, 1.807) is 11.3 Å². The summed E-state index contributed by atoms with van der Waals surface area (Å²) in [6, 6.07) is 5.83. The normalized spacial score (nSPS) is 10.8. The van der Waals surface area contributed by atoms with Gasteiger partial charge in [-0.3, -0.25) is 0 Å². The van der Waals surface area contributed by atoms with Crippen LogP contribution in [0.1, 0.15) is 16.3 Å². The van der Waals surface area contributed by atoms with Crippen molar-refractivity contribution in [1.82, 2.24) is 10.3 Å². The minimum absolute atomic E-state index is 0.746. The molecule has 90 valence electrons. The molecule has 17 heavy (non-hydrogen) atoms. The summed E-state index contributed by atoms with van der Waals surface area (Å²) in [7, 11) is 0. The molecule has 0 aliphatic carbocycles. The van der Waals surface area contributed by atoms with Crippen molar-refractivity contribution >= 4 is 38.9 Å². The predicted octanol–water partition coefficient (Wildman–Crippen LogP) is 4.16. The van der Waals surface area contributed by atoms with Gasteiger partial charge in [0.05, 0.1) is 0 Å². The zero-order valence-corrected chi connectivity index (χ0v) is 12.5. The molecule has 0 aliphatic heterocycles. The summed E-state index contributed by atoms with van der Waals surface area (Å²) >= 11 is 11.1. The Morgan fingerprint density at radius 2 is 2.24 bits per heavy atom. The van der Waals surface area contributed by atoms with Crippen LogP contribution in [0.2, 0.25) is 5.02 Å². The number of aryl methyl sites for hydroxylation is 1. The smallest absolute Gasteiger partial charge is 0.107 e. The van der Waals surface area contributed by atoms with Crippen molar-refractivity contribution in [2.24, 2.45) is 0 Å². The Balaban J connectivity index is 1.90. The van der Waals surface area contributed by atoms with Crippen molar-refractivity contribution in [1.29, 1.82) is 0 Å². The largest absolute Gasteiger partial charge is 0.306 e. The fraction of sp³-hybridized carbons (Fsp3) is 0.250. The molecule has 2 rings (SSSR count). The lowest BCUT2D eigenvalue weighted by molar-refractivity contribution is 0.687. The Bertz CT molecular complexity index is 513. The van der Waals surface area contributed by atoms with E-state index in [1.165, 1.54) is 5.56 Å². The Morgan fingerprint density at radius 1 is 1.41 bits per heavy atom. The van der Waals surface area contributed by atoms with Crippen molar-refractivity contribution in [2.45, 2.75) is 20.0 Å². The van der Waals surface area contributed by atoms with Gasteiger partial charge in [-0.25, -0.2) is 4.98 Å². The highest BCUT2D eigenvalue weighted by Gasteiger charge is 2.02. The van der Waals surface area contributed by atoms with Gasteiger partial charge in [-0.1, -0.05) is 33.6 Å². The molecule has 5 heteroatoms. The molecule has 1 N–H and O–H groups in total. The van der Waals surface area contributed by atoms with E-state index in [9.17, 15) is 0 Å². The topological polar surface area (TPSA) is 24.9 Å². The van der Waals surface area contributed by atoms with Gasteiger partial charge < -0.3 is 5.32 Å². The van der Waals surface area contributed by atoms with Gasteiger partial charge in [0.1, 0.15) is 5.01 Å². The summed E-state index contributed by atoms with van der Waals surface area (Å²) in [6.45, 7) is 3.61. The predicted molar refractivity (Wildman–Crippen MR) is 76.5 cm³/mol. The first-order valence-corrected chi connectivity index (χ1v) is 7.26. The molecule has 0 saturated carbocycles. The molecule has 0 radical (unpaired) electrons. The van der Waals surface area contributed by atoms with Crippen LogP contribution in [-0.2, 0) is 13.1 Å². The maximum Gasteiger partial charge on any atom is 0.107 e. The molecule has 0 unspecified atom stereocenters. The number of benzene rings is 1. The van der Waals surface area contributed by atoms with Gasteiger partial charge in [0, 0.05) is 33.7 Å². The third kappa shape index (κ3) is 3.78. The summed E-state index contributed by atoms with van der Waals surface area (Å²) in [4.78, 5) is 4.40. The monoisotopic (exact) mass is 330 g/mol. The van der Waals surface area contributed by atoms with Crippen molar-refractivity contribution in [3.63, 3.8) is 0 Å². The minimum Gasteiger partial charge on any atom is -0.306 e. The van der Waals surface area contributed by atoms with Crippen LogP contribution in [-0.4, -0.2) is 4.98 Å². The van der Waals surface area contributed by atoms with E-state index in [-0.39, 0.29) is 0 Å². The zero-order chi connectivity index (χ0) is 12.3. The molecule has 0 atom stereocenters. The van der Waals surface area contributed by atoms with Crippen molar-refractivity contribution in [3.05, 3.63) is 49.3 Å². The zero-order valence-electron chi connectivity index (χ0n) is 9.34. The van der Waals surface area contributed by atoms with Crippen LogP contribution in [0.5, 0.6) is 0 Å². The third-order valence-corrected chi connectivity index (χ3v) is 4.21. The summed E-state index contributed by atoms with van der Waals surface area (Å²) in [5, 5.41) is 7.30. The van der Waals surface area contributed by atoms with Crippen LogP contribution in [0.4, 0.5) is 0 Å². The van der Waals surface area contributed by atoms with Gasteiger partial charge in [0.2, 0.25) is 0 Å². The minimum atomic E-state index is 0.746. The molecule has 0 aliphatic rings. The molecule has 0 fully saturated rings. The van der Waals surface area contributed by atoms with Gasteiger partial charge in [0.25, 0.3) is 0 Å². The van der Waals surface area contributed by atoms with E-state index in [0.717, 1.165) is 33.3 Å². The van der Waals surface area contributed by atoms with Crippen molar-refractivity contribution in [3.8, 4) is 0 Å². The molecular weight excluding hydrogens is 320 g/mol. The lowest BCUT2D eigenvalue weighted by Gasteiger charge is -2.05. The second-order valence-electron chi connectivity index (χ2n) is 3.72. The van der Waals surface area contributed by atoms with Crippen LogP contribution >= 0.6 is 38.9 Å². The van der Waals surface area contributed by atoms with E-state index in [1.807, 2.05) is 25.1 Å². The quantitative estimate of drug-likeness (QED) is 0.910. The van der Waals surface area contributed by atoms with Crippen LogP contribution < -0.4 is 5.32 Å².